The van der Waals surface area contributed by atoms with E-state index >= 15 is 0 Å². The molecule has 0 unspecified atom stereocenters. The molecule has 1 aliphatic rings. The molecule has 1 N–H and O–H groups in total. The molecule has 0 saturated carbocycles. The summed E-state index contributed by atoms with van der Waals surface area (Å²) in [6.45, 7) is 3.17. The van der Waals surface area contributed by atoms with Gasteiger partial charge >= 0.3 is 139 Å². The van der Waals surface area contributed by atoms with Gasteiger partial charge in [0.15, 0.2) is 0 Å². The molecule has 1 radical (unpaired) electrons. The third-order valence-corrected chi connectivity index (χ3v) is 4.90. The van der Waals surface area contributed by atoms with Crippen LogP contribution in [0.2, 0.25) is 5.02 Å². The standard InChI is InChI=1S/C19H17BClN4O/c20-12-15-11-16(21)18-6-5-17(23-25(15)18)13-1-3-14(4-2-13)19(26)24-9-7-22-8-10-24/h1-6,11-12,22H,7-10H2. The fourth-order valence-electron chi connectivity index (χ4n) is 3.17. The van der Waals surface area contributed by atoms with E-state index in [0.29, 0.717) is 10.6 Å². The Balaban J connectivity index is 1.63. The summed E-state index contributed by atoms with van der Waals surface area (Å²) < 4.78 is 1.72. The summed E-state index contributed by atoms with van der Waals surface area (Å²) in [6.07, 6.45) is 0. The molecule has 1 amide bonds. The number of rotatable bonds is 3. The van der Waals surface area contributed by atoms with Crippen LogP contribution in [-0.2, 0) is 0 Å². The van der Waals surface area contributed by atoms with Crippen LogP contribution in [0.4, 0.5) is 0 Å². The number of hydrogen-bond acceptors (Lipinski definition) is 3. The summed E-state index contributed by atoms with van der Waals surface area (Å²) in [5.74, 6) is 1.55. The van der Waals surface area contributed by atoms with Crippen molar-refractivity contribution in [1.82, 2.24) is 19.8 Å². The monoisotopic (exact) mass is 363 g/mol. The number of fused-ring (bicyclic) bond motifs is 1. The molecule has 129 valence electrons. The molecule has 7 heteroatoms. The summed E-state index contributed by atoms with van der Waals surface area (Å²) in [6, 6.07) is 13.1. The molecular weight excluding hydrogens is 347 g/mol. The van der Waals surface area contributed by atoms with Crippen LogP contribution in [-0.4, -0.2) is 60.1 Å². The van der Waals surface area contributed by atoms with Crippen molar-refractivity contribution in [1.29, 1.82) is 0 Å². The van der Waals surface area contributed by atoms with Gasteiger partial charge in [-0.1, -0.05) is 0 Å². The Morgan fingerprint density at radius 1 is 1.15 bits per heavy atom. The molecule has 1 aromatic carbocycles. The van der Waals surface area contributed by atoms with Gasteiger partial charge in [-0.2, -0.15) is 0 Å². The van der Waals surface area contributed by atoms with Gasteiger partial charge in [-0.15, -0.1) is 0 Å². The van der Waals surface area contributed by atoms with Gasteiger partial charge in [-0.3, -0.25) is 0 Å². The van der Waals surface area contributed by atoms with Crippen LogP contribution < -0.4 is 5.32 Å². The number of aromatic nitrogens is 2. The quantitative estimate of drug-likeness (QED) is 0.724. The molecule has 26 heavy (non-hydrogen) atoms. The second-order valence-corrected chi connectivity index (χ2v) is 6.63. The minimum absolute atomic E-state index is 0.0682. The van der Waals surface area contributed by atoms with Crippen molar-refractivity contribution < 1.29 is 4.79 Å². The van der Waals surface area contributed by atoms with Crippen molar-refractivity contribution in [2.75, 3.05) is 26.2 Å². The molecule has 0 bridgehead atoms. The van der Waals surface area contributed by atoms with Gasteiger partial charge in [0.25, 0.3) is 0 Å². The Bertz CT molecular complexity index is 977. The number of piperazine rings is 1. The van der Waals surface area contributed by atoms with Crippen LogP contribution in [0.1, 0.15) is 16.1 Å². The van der Waals surface area contributed by atoms with Crippen LogP contribution in [0.25, 0.3) is 16.8 Å². The molecule has 0 spiro atoms. The number of carbonyl (C=O) groups excluding carboxylic acids is 1. The van der Waals surface area contributed by atoms with Crippen molar-refractivity contribution >= 4 is 36.5 Å². The number of benzene rings is 1. The average Bonchev–Trinajstić information content (AvgIpc) is 3.03. The van der Waals surface area contributed by atoms with Crippen molar-refractivity contribution in [3.63, 3.8) is 0 Å². The topological polar surface area (TPSA) is 49.6 Å². The molecule has 0 aliphatic carbocycles. The number of halogens is 1. The summed E-state index contributed by atoms with van der Waals surface area (Å²) in [5.41, 5.74) is 3.94. The van der Waals surface area contributed by atoms with E-state index in [2.05, 4.69) is 10.4 Å². The van der Waals surface area contributed by atoms with Gasteiger partial charge < -0.3 is 5.32 Å². The molecule has 2 aromatic heterocycles. The summed E-state index contributed by atoms with van der Waals surface area (Å²) in [7, 11) is 5.65. The summed E-state index contributed by atoms with van der Waals surface area (Å²) in [5, 5.41) is 8.48. The van der Waals surface area contributed by atoms with Gasteiger partial charge in [0.05, 0.1) is 0 Å². The molecule has 3 heterocycles. The Kier molecular flexibility index (Phi) is 4.61. The first-order chi connectivity index (χ1) is 12.7. The van der Waals surface area contributed by atoms with E-state index in [-0.39, 0.29) is 5.91 Å². The number of amides is 1. The van der Waals surface area contributed by atoms with E-state index in [0.717, 1.165) is 48.6 Å². The maximum absolute atomic E-state index is 12.6. The average molecular weight is 364 g/mol. The fraction of sp³-hybridized carbons (Fsp3) is 0.211. The Labute approximate surface area is 157 Å². The first-order valence-electron chi connectivity index (χ1n) is 8.51. The SMILES string of the molecule is [B]=Cc1cc(Cl)c2ccc(-c3ccc(C(=O)N4CCNCC4)cc3)nn12. The molecular formula is C19H17BClN4O. The zero-order valence-electron chi connectivity index (χ0n) is 14.2. The van der Waals surface area contributed by atoms with Gasteiger partial charge in [0.1, 0.15) is 0 Å². The van der Waals surface area contributed by atoms with Crippen LogP contribution in [0, 0.1) is 0 Å². The predicted octanol–water partition coefficient (Wildman–Crippen LogP) is 2.02. The normalized spacial score (nSPS) is 14.5. The number of nitrogens with one attached hydrogen (secondary N) is 1. The first kappa shape index (κ1) is 17.0. The third-order valence-electron chi connectivity index (χ3n) is 4.60. The van der Waals surface area contributed by atoms with Gasteiger partial charge in [-0.25, -0.2) is 0 Å². The molecule has 3 aromatic rings. The van der Waals surface area contributed by atoms with E-state index in [1.807, 2.05) is 41.3 Å². The number of carbonyl (C=O) groups is 1. The molecule has 1 fully saturated rings. The summed E-state index contributed by atoms with van der Waals surface area (Å²) >= 11 is 6.20. The van der Waals surface area contributed by atoms with Crippen LogP contribution in [0.15, 0.2) is 42.5 Å². The Morgan fingerprint density at radius 2 is 1.88 bits per heavy atom. The van der Waals surface area contributed by atoms with Crippen molar-refractivity contribution in [2.24, 2.45) is 0 Å². The van der Waals surface area contributed by atoms with E-state index in [4.69, 9.17) is 19.1 Å². The van der Waals surface area contributed by atoms with E-state index in [9.17, 15) is 4.79 Å². The van der Waals surface area contributed by atoms with Crippen molar-refractivity contribution in [2.45, 2.75) is 0 Å². The third kappa shape index (κ3) is 3.06. The number of hydrogen-bond donors (Lipinski definition) is 1. The molecule has 5 nitrogen and oxygen atoms in total. The van der Waals surface area contributed by atoms with Gasteiger partial charge in [0.2, 0.25) is 0 Å². The Hall–Kier alpha value is -2.44. The molecule has 1 aliphatic heterocycles. The fourth-order valence-corrected chi connectivity index (χ4v) is 3.43. The van der Waals surface area contributed by atoms with E-state index in [1.54, 1.807) is 10.6 Å². The molecule has 1 saturated heterocycles. The minimum atomic E-state index is 0.0682. The second-order valence-electron chi connectivity index (χ2n) is 6.22. The predicted molar refractivity (Wildman–Crippen MR) is 105 cm³/mol. The van der Waals surface area contributed by atoms with Crippen molar-refractivity contribution in [3.05, 3.63) is 58.7 Å². The first-order valence-corrected chi connectivity index (χ1v) is 8.89. The van der Waals surface area contributed by atoms with Gasteiger partial charge in [0, 0.05) is 13.1 Å². The van der Waals surface area contributed by atoms with E-state index < -0.39 is 0 Å². The maximum atomic E-state index is 12.6. The molecule has 0 atom stereocenters. The van der Waals surface area contributed by atoms with Crippen LogP contribution in [0.3, 0.4) is 0 Å². The van der Waals surface area contributed by atoms with Crippen LogP contribution in [0.5, 0.6) is 0 Å². The zero-order chi connectivity index (χ0) is 18.1. The molecule has 4 rings (SSSR count). The number of nitrogens with zero attached hydrogens (tertiary/aromatic N) is 3. The Morgan fingerprint density at radius 3 is 2.58 bits per heavy atom. The second kappa shape index (κ2) is 7.06. The van der Waals surface area contributed by atoms with Crippen molar-refractivity contribution in [3.8, 4) is 11.3 Å². The van der Waals surface area contributed by atoms with Crippen LogP contribution >= 0.6 is 11.6 Å². The van der Waals surface area contributed by atoms with E-state index in [1.165, 1.54) is 5.97 Å². The summed E-state index contributed by atoms with van der Waals surface area (Å²) in [4.78, 5) is 14.4. The zero-order valence-corrected chi connectivity index (χ0v) is 14.9. The van der Waals surface area contributed by atoms with Gasteiger partial charge in [-0.05, 0) is 0 Å².